The van der Waals surface area contributed by atoms with Gasteiger partial charge in [0.05, 0.1) is 0 Å². The first kappa shape index (κ1) is 16.2. The zero-order valence-corrected chi connectivity index (χ0v) is 14.1. The van der Waals surface area contributed by atoms with E-state index in [-0.39, 0.29) is 5.60 Å². The van der Waals surface area contributed by atoms with Crippen molar-refractivity contribution in [3.63, 3.8) is 0 Å². The largest absolute Gasteiger partial charge is 0.370 e. The second-order valence-electron chi connectivity index (χ2n) is 6.25. The molecule has 1 aromatic heterocycles. The van der Waals surface area contributed by atoms with Crippen molar-refractivity contribution >= 4 is 5.82 Å². The average Bonchev–Trinajstić information content (AvgIpc) is 2.49. The van der Waals surface area contributed by atoms with E-state index in [1.165, 1.54) is 18.4 Å². The third kappa shape index (κ3) is 3.20. The molecule has 0 aromatic carbocycles. The highest BCUT2D eigenvalue weighted by atomic mass is 16.5. The zero-order valence-electron chi connectivity index (χ0n) is 14.1. The summed E-state index contributed by atoms with van der Waals surface area (Å²) in [5.41, 5.74) is 1.99. The molecule has 118 valence electrons. The molecule has 1 N–H and O–H groups in total. The van der Waals surface area contributed by atoms with Crippen molar-refractivity contribution in [2.24, 2.45) is 5.92 Å². The van der Waals surface area contributed by atoms with Crippen LogP contribution < -0.4 is 5.32 Å². The average molecular weight is 291 g/mol. The van der Waals surface area contributed by atoms with Gasteiger partial charge in [-0.15, -0.1) is 0 Å². The summed E-state index contributed by atoms with van der Waals surface area (Å²) < 4.78 is 5.95. The van der Waals surface area contributed by atoms with E-state index in [0.29, 0.717) is 5.92 Å². The van der Waals surface area contributed by atoms with Crippen LogP contribution in [0.3, 0.4) is 0 Å². The molecule has 0 bridgehead atoms. The van der Waals surface area contributed by atoms with Crippen molar-refractivity contribution in [1.82, 2.24) is 9.97 Å². The minimum absolute atomic E-state index is 0.306. The lowest BCUT2D eigenvalue weighted by molar-refractivity contribution is -0.0646. The molecule has 1 saturated carbocycles. The summed E-state index contributed by atoms with van der Waals surface area (Å²) in [5, 5.41) is 3.38. The van der Waals surface area contributed by atoms with Gasteiger partial charge in [0, 0.05) is 24.9 Å². The van der Waals surface area contributed by atoms with Gasteiger partial charge in [-0.25, -0.2) is 9.97 Å². The predicted octanol–water partition coefficient (Wildman–Crippen LogP) is 3.83. The highest BCUT2D eigenvalue weighted by molar-refractivity contribution is 5.46. The Bertz CT molecular complexity index is 489. The number of ether oxygens (including phenoxy) is 1. The summed E-state index contributed by atoms with van der Waals surface area (Å²) in [6.07, 6.45) is 5.42. The first-order chi connectivity index (χ1) is 10.1. The van der Waals surface area contributed by atoms with Gasteiger partial charge in [0.15, 0.2) is 5.82 Å². The van der Waals surface area contributed by atoms with Crippen molar-refractivity contribution in [3.05, 3.63) is 17.1 Å². The number of methoxy groups -OCH3 is 1. The van der Waals surface area contributed by atoms with Gasteiger partial charge in [-0.1, -0.05) is 20.3 Å². The first-order valence-corrected chi connectivity index (χ1v) is 8.23. The number of anilines is 1. The lowest BCUT2D eigenvalue weighted by atomic mass is 9.78. The molecule has 1 aliphatic carbocycles. The van der Waals surface area contributed by atoms with Gasteiger partial charge in [0.1, 0.15) is 11.4 Å². The maximum Gasteiger partial charge on any atom is 0.162 e. The number of hydrogen-bond donors (Lipinski definition) is 1. The maximum absolute atomic E-state index is 5.95. The maximum atomic E-state index is 5.95. The van der Waals surface area contributed by atoms with E-state index in [9.17, 15) is 0 Å². The Morgan fingerprint density at radius 3 is 2.67 bits per heavy atom. The summed E-state index contributed by atoms with van der Waals surface area (Å²) in [5.74, 6) is 2.50. The van der Waals surface area contributed by atoms with Gasteiger partial charge in [-0.2, -0.15) is 0 Å². The molecule has 0 amide bonds. The minimum Gasteiger partial charge on any atom is -0.370 e. The van der Waals surface area contributed by atoms with E-state index >= 15 is 0 Å². The standard InChI is InChI=1S/C17H29N3O/c1-6-14-13(4)15(18-7-2)20-16(19-14)17(21-5)10-8-9-12(3)11-17/h12H,6-11H2,1-5H3,(H,18,19,20). The molecular formula is C17H29N3O. The van der Waals surface area contributed by atoms with Crippen LogP contribution in [0.15, 0.2) is 0 Å². The number of aryl methyl sites for hydroxylation is 1. The Kier molecular flexibility index (Phi) is 5.20. The fraction of sp³-hybridized carbons (Fsp3) is 0.765. The van der Waals surface area contributed by atoms with Crippen LogP contribution in [-0.2, 0) is 16.8 Å². The Balaban J connectivity index is 2.47. The molecule has 2 rings (SSSR count). The Morgan fingerprint density at radius 2 is 2.10 bits per heavy atom. The SMILES string of the molecule is CCNc1nc(C2(OC)CCCC(C)C2)nc(CC)c1C. The molecule has 0 spiro atoms. The molecule has 1 aliphatic rings. The topological polar surface area (TPSA) is 47.0 Å². The van der Waals surface area contributed by atoms with Crippen LogP contribution in [0.1, 0.15) is 63.5 Å². The molecule has 0 saturated heterocycles. The summed E-state index contributed by atoms with van der Waals surface area (Å²) >= 11 is 0. The molecule has 0 aliphatic heterocycles. The number of aromatic nitrogens is 2. The normalized spacial score (nSPS) is 25.9. The van der Waals surface area contributed by atoms with Crippen molar-refractivity contribution in [1.29, 1.82) is 0 Å². The Labute approximate surface area is 128 Å². The lowest BCUT2D eigenvalue weighted by Crippen LogP contribution is -2.36. The van der Waals surface area contributed by atoms with Crippen molar-refractivity contribution in [3.8, 4) is 0 Å². The summed E-state index contributed by atoms with van der Waals surface area (Å²) in [6.45, 7) is 9.52. The highest BCUT2D eigenvalue weighted by Gasteiger charge is 2.40. The third-order valence-corrected chi connectivity index (χ3v) is 4.68. The van der Waals surface area contributed by atoms with E-state index in [0.717, 1.165) is 43.1 Å². The number of nitrogens with zero attached hydrogens (tertiary/aromatic N) is 2. The monoisotopic (exact) mass is 291 g/mol. The van der Waals surface area contributed by atoms with Crippen LogP contribution in [0.5, 0.6) is 0 Å². The molecular weight excluding hydrogens is 262 g/mol. The van der Waals surface area contributed by atoms with E-state index in [2.05, 4.69) is 33.0 Å². The summed E-state index contributed by atoms with van der Waals surface area (Å²) in [6, 6.07) is 0. The molecule has 1 fully saturated rings. The van der Waals surface area contributed by atoms with Crippen LogP contribution in [-0.4, -0.2) is 23.6 Å². The first-order valence-electron chi connectivity index (χ1n) is 8.23. The van der Waals surface area contributed by atoms with Crippen LogP contribution in [0.25, 0.3) is 0 Å². The zero-order chi connectivity index (χ0) is 15.5. The molecule has 0 radical (unpaired) electrons. The van der Waals surface area contributed by atoms with Gasteiger partial charge in [-0.3, -0.25) is 0 Å². The summed E-state index contributed by atoms with van der Waals surface area (Å²) in [7, 11) is 1.81. The number of hydrogen-bond acceptors (Lipinski definition) is 4. The number of rotatable bonds is 5. The highest BCUT2D eigenvalue weighted by Crippen LogP contribution is 2.41. The van der Waals surface area contributed by atoms with Gasteiger partial charge in [0.2, 0.25) is 0 Å². The molecule has 1 aromatic rings. The Morgan fingerprint density at radius 1 is 1.33 bits per heavy atom. The van der Waals surface area contributed by atoms with Gasteiger partial charge < -0.3 is 10.1 Å². The third-order valence-electron chi connectivity index (χ3n) is 4.68. The second-order valence-corrected chi connectivity index (χ2v) is 6.25. The predicted molar refractivity (Wildman–Crippen MR) is 86.6 cm³/mol. The minimum atomic E-state index is -0.306. The summed E-state index contributed by atoms with van der Waals surface area (Å²) in [4.78, 5) is 9.68. The van der Waals surface area contributed by atoms with Crippen molar-refractivity contribution in [2.45, 2.75) is 65.4 Å². The van der Waals surface area contributed by atoms with Crippen LogP contribution in [0.2, 0.25) is 0 Å². The fourth-order valence-corrected chi connectivity index (χ4v) is 3.43. The molecule has 2 atom stereocenters. The molecule has 4 heteroatoms. The Hall–Kier alpha value is -1.16. The fourth-order valence-electron chi connectivity index (χ4n) is 3.43. The molecule has 4 nitrogen and oxygen atoms in total. The number of nitrogens with one attached hydrogen (secondary N) is 1. The van der Waals surface area contributed by atoms with E-state index in [4.69, 9.17) is 14.7 Å². The van der Waals surface area contributed by atoms with E-state index in [1.807, 2.05) is 0 Å². The van der Waals surface area contributed by atoms with Crippen LogP contribution in [0, 0.1) is 12.8 Å². The van der Waals surface area contributed by atoms with E-state index in [1.54, 1.807) is 7.11 Å². The second kappa shape index (κ2) is 6.73. The van der Waals surface area contributed by atoms with Gasteiger partial charge in [0.25, 0.3) is 0 Å². The van der Waals surface area contributed by atoms with Crippen LogP contribution in [0.4, 0.5) is 5.82 Å². The van der Waals surface area contributed by atoms with Crippen molar-refractivity contribution in [2.75, 3.05) is 19.0 Å². The molecule has 2 unspecified atom stereocenters. The molecule has 21 heavy (non-hydrogen) atoms. The van der Waals surface area contributed by atoms with Crippen LogP contribution >= 0.6 is 0 Å². The molecule has 1 heterocycles. The van der Waals surface area contributed by atoms with Gasteiger partial charge in [-0.05, 0) is 45.4 Å². The lowest BCUT2D eigenvalue weighted by Gasteiger charge is -2.38. The smallest absolute Gasteiger partial charge is 0.162 e. The quantitative estimate of drug-likeness (QED) is 0.895. The van der Waals surface area contributed by atoms with E-state index < -0.39 is 0 Å². The van der Waals surface area contributed by atoms with Crippen molar-refractivity contribution < 1.29 is 4.74 Å². The van der Waals surface area contributed by atoms with Gasteiger partial charge >= 0.3 is 0 Å².